The maximum Gasteiger partial charge on any atom is 0.347 e. The second-order valence-corrected chi connectivity index (χ2v) is 4.78. The van der Waals surface area contributed by atoms with E-state index in [1.807, 2.05) is 23.6 Å². The minimum absolute atomic E-state index is 0.353. The molecule has 5 heteroatoms. The van der Waals surface area contributed by atoms with Crippen LogP contribution in [0.2, 0.25) is 0 Å². The molecule has 1 unspecified atom stereocenters. The number of rotatable bonds is 5. The van der Waals surface area contributed by atoms with E-state index in [0.717, 1.165) is 10.4 Å². The highest BCUT2D eigenvalue weighted by molar-refractivity contribution is 7.14. The van der Waals surface area contributed by atoms with Crippen molar-refractivity contribution < 1.29 is 14.3 Å². The summed E-state index contributed by atoms with van der Waals surface area (Å²) in [5.74, 6) is 0.324. The first-order valence-electron chi connectivity index (χ1n) is 6.03. The summed E-state index contributed by atoms with van der Waals surface area (Å²) in [4.78, 5) is 16.6. The van der Waals surface area contributed by atoms with E-state index in [-0.39, 0.29) is 5.97 Å². The maximum absolute atomic E-state index is 11.6. The van der Waals surface area contributed by atoms with E-state index in [2.05, 4.69) is 4.98 Å². The molecule has 0 bridgehead atoms. The first kappa shape index (κ1) is 13.5. The molecule has 0 amide bonds. The van der Waals surface area contributed by atoms with Gasteiger partial charge in [0.2, 0.25) is 0 Å². The molecule has 0 saturated carbocycles. The van der Waals surface area contributed by atoms with Crippen LogP contribution in [0, 0.1) is 0 Å². The Hall–Kier alpha value is -1.88. The van der Waals surface area contributed by atoms with Crippen molar-refractivity contribution in [2.24, 2.45) is 0 Å². The molecule has 2 heterocycles. The summed E-state index contributed by atoms with van der Waals surface area (Å²) in [7, 11) is 0. The predicted molar refractivity (Wildman–Crippen MR) is 74.3 cm³/mol. The molecule has 0 spiro atoms. The highest BCUT2D eigenvalue weighted by atomic mass is 32.1. The zero-order valence-corrected chi connectivity index (χ0v) is 11.6. The van der Waals surface area contributed by atoms with Crippen molar-refractivity contribution in [3.05, 3.63) is 36.0 Å². The van der Waals surface area contributed by atoms with Gasteiger partial charge in [0.05, 0.1) is 11.5 Å². The van der Waals surface area contributed by atoms with Gasteiger partial charge in [0.15, 0.2) is 6.10 Å². The molecule has 2 rings (SSSR count). The SMILES string of the molecule is CCOC(=O)C(C)Oc1ccsc1-c1cccnc1. The Morgan fingerprint density at radius 3 is 3.00 bits per heavy atom. The summed E-state index contributed by atoms with van der Waals surface area (Å²) < 4.78 is 10.6. The zero-order chi connectivity index (χ0) is 13.7. The lowest BCUT2D eigenvalue weighted by Crippen LogP contribution is -2.26. The molecular weight excluding hydrogens is 262 g/mol. The predicted octanol–water partition coefficient (Wildman–Crippen LogP) is 3.14. The Kier molecular flexibility index (Phi) is 4.52. The number of pyridine rings is 1. The van der Waals surface area contributed by atoms with Crippen molar-refractivity contribution in [1.29, 1.82) is 0 Å². The number of esters is 1. The number of nitrogens with zero attached hydrogens (tertiary/aromatic N) is 1. The topological polar surface area (TPSA) is 48.4 Å². The van der Waals surface area contributed by atoms with Crippen molar-refractivity contribution in [3.63, 3.8) is 0 Å². The van der Waals surface area contributed by atoms with Crippen molar-refractivity contribution in [1.82, 2.24) is 4.98 Å². The van der Waals surface area contributed by atoms with Crippen molar-refractivity contribution in [3.8, 4) is 16.2 Å². The fourth-order valence-corrected chi connectivity index (χ4v) is 2.41. The van der Waals surface area contributed by atoms with Gasteiger partial charge in [-0.1, -0.05) is 6.07 Å². The van der Waals surface area contributed by atoms with Crippen LogP contribution in [0.4, 0.5) is 0 Å². The third kappa shape index (κ3) is 3.32. The van der Waals surface area contributed by atoms with Gasteiger partial charge in [-0.15, -0.1) is 11.3 Å². The van der Waals surface area contributed by atoms with Gasteiger partial charge in [0.25, 0.3) is 0 Å². The van der Waals surface area contributed by atoms with Crippen molar-refractivity contribution in [2.75, 3.05) is 6.61 Å². The third-order valence-corrected chi connectivity index (χ3v) is 3.42. The summed E-state index contributed by atoms with van der Waals surface area (Å²) >= 11 is 1.55. The zero-order valence-electron chi connectivity index (χ0n) is 10.8. The molecule has 4 nitrogen and oxygen atoms in total. The van der Waals surface area contributed by atoms with Crippen LogP contribution in [0.15, 0.2) is 36.0 Å². The van der Waals surface area contributed by atoms with Gasteiger partial charge in [-0.25, -0.2) is 4.79 Å². The van der Waals surface area contributed by atoms with Crippen LogP contribution in [-0.2, 0) is 9.53 Å². The van der Waals surface area contributed by atoms with Crippen LogP contribution in [0.25, 0.3) is 10.4 Å². The molecule has 1 atom stereocenters. The minimum Gasteiger partial charge on any atom is -0.477 e. The molecule has 0 N–H and O–H groups in total. The number of hydrogen-bond donors (Lipinski definition) is 0. The molecule has 0 fully saturated rings. The van der Waals surface area contributed by atoms with E-state index in [4.69, 9.17) is 9.47 Å². The standard InChI is InChI=1S/C14H15NO3S/c1-3-17-14(16)10(2)18-12-6-8-19-13(12)11-5-4-7-15-9-11/h4-10H,3H2,1-2H3. The van der Waals surface area contributed by atoms with E-state index in [0.29, 0.717) is 12.4 Å². The monoisotopic (exact) mass is 277 g/mol. The number of hydrogen-bond acceptors (Lipinski definition) is 5. The number of carbonyl (C=O) groups is 1. The van der Waals surface area contributed by atoms with E-state index < -0.39 is 6.10 Å². The van der Waals surface area contributed by atoms with Crippen molar-refractivity contribution in [2.45, 2.75) is 20.0 Å². The summed E-state index contributed by atoms with van der Waals surface area (Å²) in [6.45, 7) is 3.81. The van der Waals surface area contributed by atoms with Gasteiger partial charge in [-0.3, -0.25) is 4.98 Å². The molecular formula is C14H15NO3S. The second kappa shape index (κ2) is 6.33. The highest BCUT2D eigenvalue weighted by Crippen LogP contribution is 2.35. The fraction of sp³-hybridized carbons (Fsp3) is 0.286. The van der Waals surface area contributed by atoms with Crippen LogP contribution in [0.1, 0.15) is 13.8 Å². The van der Waals surface area contributed by atoms with Gasteiger partial charge in [0.1, 0.15) is 5.75 Å². The number of thiophene rings is 1. The molecule has 0 aliphatic heterocycles. The third-order valence-electron chi connectivity index (χ3n) is 2.48. The highest BCUT2D eigenvalue weighted by Gasteiger charge is 2.18. The van der Waals surface area contributed by atoms with E-state index >= 15 is 0 Å². The lowest BCUT2D eigenvalue weighted by Gasteiger charge is -2.13. The Morgan fingerprint density at radius 2 is 2.32 bits per heavy atom. The normalized spacial score (nSPS) is 11.9. The van der Waals surface area contributed by atoms with E-state index in [1.165, 1.54) is 0 Å². The largest absolute Gasteiger partial charge is 0.477 e. The smallest absolute Gasteiger partial charge is 0.347 e. The van der Waals surface area contributed by atoms with Gasteiger partial charge >= 0.3 is 5.97 Å². The van der Waals surface area contributed by atoms with Gasteiger partial charge in [-0.2, -0.15) is 0 Å². The Balaban J connectivity index is 2.15. The van der Waals surface area contributed by atoms with Gasteiger partial charge < -0.3 is 9.47 Å². The van der Waals surface area contributed by atoms with Crippen LogP contribution in [0.5, 0.6) is 5.75 Å². The Bertz CT molecular complexity index is 539. The van der Waals surface area contributed by atoms with Crippen LogP contribution in [0.3, 0.4) is 0 Å². The average Bonchev–Trinajstić information content (AvgIpc) is 2.88. The fourth-order valence-electron chi connectivity index (χ4n) is 1.60. The Labute approximate surface area is 116 Å². The number of aromatic nitrogens is 1. The molecule has 2 aromatic heterocycles. The Morgan fingerprint density at radius 1 is 1.47 bits per heavy atom. The quantitative estimate of drug-likeness (QED) is 0.788. The summed E-state index contributed by atoms with van der Waals surface area (Å²) in [5, 5.41) is 1.93. The second-order valence-electron chi connectivity index (χ2n) is 3.87. The molecule has 0 aliphatic rings. The molecule has 19 heavy (non-hydrogen) atoms. The van der Waals surface area contributed by atoms with Gasteiger partial charge in [-0.05, 0) is 31.4 Å². The lowest BCUT2D eigenvalue weighted by atomic mass is 10.2. The van der Waals surface area contributed by atoms with Crippen LogP contribution >= 0.6 is 11.3 Å². The molecule has 0 aromatic carbocycles. The first-order valence-corrected chi connectivity index (χ1v) is 6.91. The molecule has 100 valence electrons. The molecule has 0 radical (unpaired) electrons. The van der Waals surface area contributed by atoms with Crippen LogP contribution < -0.4 is 4.74 Å². The minimum atomic E-state index is -0.620. The van der Waals surface area contributed by atoms with Crippen molar-refractivity contribution >= 4 is 17.3 Å². The van der Waals surface area contributed by atoms with Gasteiger partial charge in [0, 0.05) is 18.0 Å². The first-order chi connectivity index (χ1) is 9.22. The number of carbonyl (C=O) groups excluding carboxylic acids is 1. The number of ether oxygens (including phenoxy) is 2. The maximum atomic E-state index is 11.6. The summed E-state index contributed by atoms with van der Waals surface area (Å²) in [6.07, 6.45) is 2.87. The van der Waals surface area contributed by atoms with Crippen LogP contribution in [-0.4, -0.2) is 23.7 Å². The van der Waals surface area contributed by atoms with E-state index in [1.54, 1.807) is 37.6 Å². The molecule has 0 aliphatic carbocycles. The summed E-state index contributed by atoms with van der Waals surface area (Å²) in [5.41, 5.74) is 0.976. The summed E-state index contributed by atoms with van der Waals surface area (Å²) in [6, 6.07) is 5.68. The lowest BCUT2D eigenvalue weighted by molar-refractivity contribution is -0.150. The molecule has 2 aromatic rings. The van der Waals surface area contributed by atoms with E-state index in [9.17, 15) is 4.79 Å². The average molecular weight is 277 g/mol. The molecule has 0 saturated heterocycles.